The SMILES string of the molecule is [CH2]c1ccc([N+](=O)[O-])nc1. The van der Waals surface area contributed by atoms with E-state index in [1.54, 1.807) is 6.07 Å². The van der Waals surface area contributed by atoms with Crippen LogP contribution in [0, 0.1) is 17.0 Å². The maximum absolute atomic E-state index is 10.0. The Kier molecular flexibility index (Phi) is 1.62. The summed E-state index contributed by atoms with van der Waals surface area (Å²) in [7, 11) is 0. The number of nitro groups is 1. The zero-order valence-electron chi connectivity index (χ0n) is 5.15. The minimum absolute atomic E-state index is 0.146. The molecule has 1 aromatic rings. The van der Waals surface area contributed by atoms with E-state index >= 15 is 0 Å². The van der Waals surface area contributed by atoms with Crippen LogP contribution in [0.5, 0.6) is 0 Å². The first-order valence-corrected chi connectivity index (χ1v) is 2.62. The van der Waals surface area contributed by atoms with Crippen molar-refractivity contribution in [3.63, 3.8) is 0 Å². The molecule has 4 nitrogen and oxygen atoms in total. The van der Waals surface area contributed by atoms with Gasteiger partial charge in [0.05, 0.1) is 0 Å². The van der Waals surface area contributed by atoms with Gasteiger partial charge in [-0.15, -0.1) is 0 Å². The summed E-state index contributed by atoms with van der Waals surface area (Å²) in [4.78, 5) is 13.0. The van der Waals surface area contributed by atoms with Gasteiger partial charge in [-0.2, -0.15) is 0 Å². The van der Waals surface area contributed by atoms with Crippen LogP contribution in [0.15, 0.2) is 18.3 Å². The number of nitrogens with zero attached hydrogens (tertiary/aromatic N) is 2. The molecule has 0 aliphatic rings. The van der Waals surface area contributed by atoms with Crippen LogP contribution in [0.4, 0.5) is 5.82 Å². The molecule has 51 valence electrons. The van der Waals surface area contributed by atoms with Gasteiger partial charge in [0.15, 0.2) is 0 Å². The summed E-state index contributed by atoms with van der Waals surface area (Å²) in [6.07, 6.45) is 1.36. The lowest BCUT2D eigenvalue weighted by Crippen LogP contribution is -1.90. The lowest BCUT2D eigenvalue weighted by Gasteiger charge is -1.89. The van der Waals surface area contributed by atoms with Gasteiger partial charge in [0.25, 0.3) is 0 Å². The standard InChI is InChI=1S/C6H5N2O2/c1-5-2-3-6(7-4-5)8(9)10/h2-4H,1H2. The highest BCUT2D eigenvalue weighted by Gasteiger charge is 2.02. The third-order valence-corrected chi connectivity index (χ3v) is 0.996. The van der Waals surface area contributed by atoms with Crippen LogP contribution in [-0.2, 0) is 0 Å². The molecule has 0 spiro atoms. The van der Waals surface area contributed by atoms with E-state index in [1.807, 2.05) is 0 Å². The van der Waals surface area contributed by atoms with Gasteiger partial charge >= 0.3 is 5.82 Å². The second-order valence-electron chi connectivity index (χ2n) is 1.78. The molecule has 0 amide bonds. The summed E-state index contributed by atoms with van der Waals surface area (Å²) < 4.78 is 0. The third kappa shape index (κ3) is 1.28. The summed E-state index contributed by atoms with van der Waals surface area (Å²) in [5.74, 6) is -0.146. The molecule has 0 atom stereocenters. The van der Waals surface area contributed by atoms with E-state index in [0.29, 0.717) is 5.56 Å². The van der Waals surface area contributed by atoms with Crippen molar-refractivity contribution in [2.45, 2.75) is 0 Å². The largest absolute Gasteiger partial charge is 0.363 e. The van der Waals surface area contributed by atoms with E-state index in [2.05, 4.69) is 11.9 Å². The van der Waals surface area contributed by atoms with E-state index in [9.17, 15) is 10.1 Å². The van der Waals surface area contributed by atoms with Crippen LogP contribution in [0.25, 0.3) is 0 Å². The molecule has 0 unspecified atom stereocenters. The van der Waals surface area contributed by atoms with Gasteiger partial charge in [0.1, 0.15) is 6.20 Å². The third-order valence-electron chi connectivity index (χ3n) is 0.996. The van der Waals surface area contributed by atoms with Crippen LogP contribution >= 0.6 is 0 Å². The zero-order chi connectivity index (χ0) is 7.56. The summed E-state index contributed by atoms with van der Waals surface area (Å²) in [6.45, 7) is 3.54. The van der Waals surface area contributed by atoms with E-state index < -0.39 is 4.92 Å². The van der Waals surface area contributed by atoms with E-state index in [4.69, 9.17) is 0 Å². The molecule has 0 aromatic carbocycles. The van der Waals surface area contributed by atoms with Gasteiger partial charge in [-0.05, 0) is 28.5 Å². The second-order valence-corrected chi connectivity index (χ2v) is 1.78. The molecule has 0 aliphatic carbocycles. The van der Waals surface area contributed by atoms with Crippen molar-refractivity contribution in [1.29, 1.82) is 0 Å². The predicted molar refractivity (Wildman–Crippen MR) is 35.4 cm³/mol. The highest BCUT2D eigenvalue weighted by Crippen LogP contribution is 2.05. The van der Waals surface area contributed by atoms with Crippen LogP contribution in [0.2, 0.25) is 0 Å². The Hall–Kier alpha value is -1.45. The summed E-state index contributed by atoms with van der Waals surface area (Å²) in [6, 6.07) is 2.87. The van der Waals surface area contributed by atoms with Crippen LogP contribution in [0.3, 0.4) is 0 Å². The molecule has 0 saturated heterocycles. The minimum atomic E-state index is -0.542. The van der Waals surface area contributed by atoms with Crippen molar-refractivity contribution < 1.29 is 4.92 Å². The van der Waals surface area contributed by atoms with Gasteiger partial charge in [-0.25, -0.2) is 0 Å². The van der Waals surface area contributed by atoms with Crippen molar-refractivity contribution in [3.8, 4) is 0 Å². The van der Waals surface area contributed by atoms with Gasteiger partial charge in [-0.3, -0.25) is 0 Å². The van der Waals surface area contributed by atoms with Crippen molar-refractivity contribution >= 4 is 5.82 Å². The summed E-state index contributed by atoms with van der Waals surface area (Å²) >= 11 is 0. The number of hydrogen-bond donors (Lipinski definition) is 0. The Morgan fingerprint density at radius 1 is 1.60 bits per heavy atom. The van der Waals surface area contributed by atoms with Gasteiger partial charge < -0.3 is 10.1 Å². The Balaban J connectivity index is 3.00. The van der Waals surface area contributed by atoms with Crippen LogP contribution in [-0.4, -0.2) is 9.91 Å². The quantitative estimate of drug-likeness (QED) is 0.431. The van der Waals surface area contributed by atoms with E-state index in [0.717, 1.165) is 0 Å². The molecule has 1 aromatic heterocycles. The molecule has 0 fully saturated rings. The monoisotopic (exact) mass is 137 g/mol. The molecular formula is C6H5N2O2. The summed E-state index contributed by atoms with van der Waals surface area (Å²) in [5.41, 5.74) is 0.672. The van der Waals surface area contributed by atoms with Crippen molar-refractivity contribution in [2.24, 2.45) is 0 Å². The zero-order valence-corrected chi connectivity index (χ0v) is 5.15. The van der Waals surface area contributed by atoms with E-state index in [-0.39, 0.29) is 5.82 Å². The number of rotatable bonds is 1. The lowest BCUT2D eigenvalue weighted by molar-refractivity contribution is -0.389. The lowest BCUT2D eigenvalue weighted by atomic mass is 10.3. The topological polar surface area (TPSA) is 56.0 Å². The Morgan fingerprint density at radius 3 is 2.70 bits per heavy atom. The first kappa shape index (κ1) is 6.67. The molecule has 4 heteroatoms. The highest BCUT2D eigenvalue weighted by molar-refractivity contribution is 5.23. The average Bonchev–Trinajstić information content (AvgIpc) is 1.88. The Bertz CT molecular complexity index is 242. The molecular weight excluding hydrogens is 132 g/mol. The smallest absolute Gasteiger partial charge is 0.358 e. The van der Waals surface area contributed by atoms with Crippen LogP contribution in [0.1, 0.15) is 5.56 Å². The predicted octanol–water partition coefficient (Wildman–Crippen LogP) is 1.17. The normalized spacial score (nSPS) is 9.30. The number of hydrogen-bond acceptors (Lipinski definition) is 3. The van der Waals surface area contributed by atoms with Gasteiger partial charge in [-0.1, -0.05) is 0 Å². The average molecular weight is 137 g/mol. The van der Waals surface area contributed by atoms with Crippen LogP contribution < -0.4 is 0 Å². The number of pyridine rings is 1. The fraction of sp³-hybridized carbons (Fsp3) is 0. The van der Waals surface area contributed by atoms with Crippen molar-refractivity contribution in [1.82, 2.24) is 4.98 Å². The second kappa shape index (κ2) is 2.43. The molecule has 0 saturated carbocycles. The maximum atomic E-state index is 10.0. The molecule has 0 aliphatic heterocycles. The molecule has 10 heavy (non-hydrogen) atoms. The number of aromatic nitrogens is 1. The van der Waals surface area contributed by atoms with Gasteiger partial charge in [0.2, 0.25) is 0 Å². The Morgan fingerprint density at radius 2 is 2.30 bits per heavy atom. The fourth-order valence-corrected chi connectivity index (χ4v) is 0.525. The molecule has 1 heterocycles. The maximum Gasteiger partial charge on any atom is 0.363 e. The van der Waals surface area contributed by atoms with Crippen molar-refractivity contribution in [2.75, 3.05) is 0 Å². The minimum Gasteiger partial charge on any atom is -0.358 e. The van der Waals surface area contributed by atoms with E-state index in [1.165, 1.54) is 12.3 Å². The molecule has 0 N–H and O–H groups in total. The van der Waals surface area contributed by atoms with Gasteiger partial charge in [0, 0.05) is 6.07 Å². The molecule has 0 bridgehead atoms. The molecule has 1 radical (unpaired) electrons. The fourth-order valence-electron chi connectivity index (χ4n) is 0.525. The highest BCUT2D eigenvalue weighted by atomic mass is 16.6. The van der Waals surface area contributed by atoms with Crippen molar-refractivity contribution in [3.05, 3.63) is 40.9 Å². The Labute approximate surface area is 57.7 Å². The summed E-state index contributed by atoms with van der Waals surface area (Å²) in [5, 5.41) is 10.0. The molecule has 1 rings (SSSR count). The first-order chi connectivity index (χ1) is 4.70. The first-order valence-electron chi connectivity index (χ1n) is 2.62.